The van der Waals surface area contributed by atoms with Crippen LogP contribution in [-0.2, 0) is 19.1 Å². The second-order valence-electron chi connectivity index (χ2n) is 2.14. The topological polar surface area (TPSA) is 130 Å². The summed E-state index contributed by atoms with van der Waals surface area (Å²) in [7, 11) is 0.930. The van der Waals surface area contributed by atoms with Crippen LogP contribution in [0.2, 0.25) is 0 Å². The van der Waals surface area contributed by atoms with Gasteiger partial charge in [-0.2, -0.15) is 0 Å². The van der Waals surface area contributed by atoms with Crippen molar-refractivity contribution in [2.24, 2.45) is 0 Å². The number of carbonyl (C=O) groups is 3. The third-order valence-corrected chi connectivity index (χ3v) is 1.24. The monoisotopic (exact) mass is 208 g/mol. The summed E-state index contributed by atoms with van der Waals surface area (Å²) in [4.78, 5) is 30.8. The molecular weight excluding hydrogens is 200 g/mol. The van der Waals surface area contributed by atoms with E-state index < -0.39 is 30.3 Å². The fourth-order valence-corrected chi connectivity index (χ4v) is 0.704. The van der Waals surface area contributed by atoms with Crippen molar-refractivity contribution < 1.29 is 39.2 Å². The molecule has 0 amide bonds. The van der Waals surface area contributed by atoms with E-state index in [4.69, 9.17) is 15.3 Å². The predicted octanol–water partition coefficient (Wildman–Crippen LogP) is -0.766. The average Bonchev–Trinajstić information content (AvgIpc) is 2.02. The predicted molar refractivity (Wildman–Crippen MR) is 39.0 cm³/mol. The molecule has 80 valence electrons. The number of hydrogen-bond acceptors (Lipinski definition) is 5. The molecule has 0 rings (SSSR count). The quantitative estimate of drug-likeness (QED) is 0.502. The molecule has 0 heterocycles. The van der Waals surface area contributed by atoms with E-state index in [2.05, 4.69) is 9.47 Å². The Balaban J connectivity index is 4.69. The minimum Gasteiger partial charge on any atom is -0.479 e. The number of ether oxygens (including phenoxy) is 2. The molecule has 3 N–H and O–H groups in total. The highest BCUT2D eigenvalue weighted by Crippen LogP contribution is 2.05. The Kier molecular flexibility index (Phi) is 4.36. The van der Waals surface area contributed by atoms with Crippen molar-refractivity contribution in [3.8, 4) is 0 Å². The lowest BCUT2D eigenvalue weighted by atomic mass is 10.2. The van der Waals surface area contributed by atoms with Crippen LogP contribution in [0.3, 0.4) is 0 Å². The maximum atomic E-state index is 10.4. The van der Waals surface area contributed by atoms with E-state index in [1.54, 1.807) is 0 Å². The molecular formula is C6H8O8. The summed E-state index contributed by atoms with van der Waals surface area (Å²) in [5, 5.41) is 25.0. The van der Waals surface area contributed by atoms with Gasteiger partial charge >= 0.3 is 18.1 Å². The largest absolute Gasteiger partial charge is 0.506 e. The molecule has 0 fully saturated rings. The molecule has 0 radical (unpaired) electrons. The normalized spacial score (nSPS) is 14.1. The van der Waals surface area contributed by atoms with Gasteiger partial charge in [0.05, 0.1) is 0 Å². The van der Waals surface area contributed by atoms with E-state index in [9.17, 15) is 14.4 Å². The number of methoxy groups -OCH3 is 1. The van der Waals surface area contributed by atoms with Gasteiger partial charge in [0.15, 0.2) is 0 Å². The molecule has 0 aromatic rings. The molecule has 8 nitrogen and oxygen atoms in total. The second-order valence-corrected chi connectivity index (χ2v) is 2.14. The third kappa shape index (κ3) is 3.27. The zero-order valence-corrected chi connectivity index (χ0v) is 7.04. The Morgan fingerprint density at radius 3 is 1.64 bits per heavy atom. The van der Waals surface area contributed by atoms with Crippen LogP contribution in [0.15, 0.2) is 0 Å². The summed E-state index contributed by atoms with van der Waals surface area (Å²) in [6, 6.07) is 0. The van der Waals surface area contributed by atoms with Gasteiger partial charge in [-0.25, -0.2) is 14.4 Å². The van der Waals surface area contributed by atoms with Gasteiger partial charge in [0.25, 0.3) is 0 Å². The van der Waals surface area contributed by atoms with Crippen molar-refractivity contribution in [2.45, 2.75) is 12.2 Å². The maximum absolute atomic E-state index is 10.4. The number of aliphatic carboxylic acids is 2. The van der Waals surface area contributed by atoms with Crippen molar-refractivity contribution in [1.82, 2.24) is 0 Å². The Morgan fingerprint density at radius 2 is 1.43 bits per heavy atom. The molecule has 0 saturated heterocycles. The molecule has 0 spiro atoms. The van der Waals surface area contributed by atoms with Gasteiger partial charge in [-0.05, 0) is 0 Å². The molecule has 0 aliphatic heterocycles. The summed E-state index contributed by atoms with van der Waals surface area (Å²) < 4.78 is 8.10. The van der Waals surface area contributed by atoms with Crippen molar-refractivity contribution in [3.05, 3.63) is 0 Å². The smallest absolute Gasteiger partial charge is 0.479 e. The van der Waals surface area contributed by atoms with Gasteiger partial charge in [-0.3, -0.25) is 0 Å². The highest BCUT2D eigenvalue weighted by atomic mass is 16.7. The Hall–Kier alpha value is -1.83. The molecule has 8 heteroatoms. The standard InChI is InChI=1S/C6H8O8/c1-13-2(4(7)8)3(5(9)10)14-6(11)12/h2-3H,1H3,(H,7,8)(H,9,10)(H,11,12). The van der Waals surface area contributed by atoms with Crippen molar-refractivity contribution >= 4 is 18.1 Å². The van der Waals surface area contributed by atoms with E-state index in [0.717, 1.165) is 7.11 Å². The first-order chi connectivity index (χ1) is 6.40. The molecule has 0 saturated carbocycles. The van der Waals surface area contributed by atoms with Gasteiger partial charge in [-0.1, -0.05) is 0 Å². The summed E-state index contributed by atoms with van der Waals surface area (Å²) in [5.74, 6) is -3.36. The van der Waals surface area contributed by atoms with Crippen LogP contribution in [-0.4, -0.2) is 52.7 Å². The van der Waals surface area contributed by atoms with Crippen molar-refractivity contribution in [3.63, 3.8) is 0 Å². The van der Waals surface area contributed by atoms with Crippen LogP contribution >= 0.6 is 0 Å². The minimum absolute atomic E-state index is 0.930. The lowest BCUT2D eigenvalue weighted by Gasteiger charge is -2.17. The fourth-order valence-electron chi connectivity index (χ4n) is 0.704. The number of carboxylic acids is 2. The Morgan fingerprint density at radius 1 is 1.00 bits per heavy atom. The van der Waals surface area contributed by atoms with E-state index >= 15 is 0 Å². The van der Waals surface area contributed by atoms with Crippen LogP contribution in [0.1, 0.15) is 0 Å². The first-order valence-electron chi connectivity index (χ1n) is 3.28. The van der Waals surface area contributed by atoms with Gasteiger partial charge in [0, 0.05) is 7.11 Å². The maximum Gasteiger partial charge on any atom is 0.506 e. The molecule has 0 aromatic carbocycles. The van der Waals surface area contributed by atoms with E-state index in [-0.39, 0.29) is 0 Å². The van der Waals surface area contributed by atoms with Crippen LogP contribution in [0.4, 0.5) is 4.79 Å². The van der Waals surface area contributed by atoms with Crippen molar-refractivity contribution in [1.29, 1.82) is 0 Å². The Labute approximate surface area is 77.7 Å². The second kappa shape index (κ2) is 5.02. The lowest BCUT2D eigenvalue weighted by Crippen LogP contribution is -2.44. The van der Waals surface area contributed by atoms with Gasteiger partial charge in [0.2, 0.25) is 12.2 Å². The van der Waals surface area contributed by atoms with E-state index in [1.165, 1.54) is 0 Å². The van der Waals surface area contributed by atoms with Crippen molar-refractivity contribution in [2.75, 3.05) is 7.11 Å². The summed E-state index contributed by atoms with van der Waals surface area (Å²) in [6.45, 7) is 0. The van der Waals surface area contributed by atoms with Gasteiger partial charge in [0.1, 0.15) is 0 Å². The summed E-state index contributed by atoms with van der Waals surface area (Å²) in [6.07, 6.45) is -5.85. The van der Waals surface area contributed by atoms with Gasteiger partial charge in [-0.15, -0.1) is 0 Å². The molecule has 0 aromatic heterocycles. The van der Waals surface area contributed by atoms with Gasteiger partial charge < -0.3 is 24.8 Å². The zero-order chi connectivity index (χ0) is 11.3. The number of hydrogen-bond donors (Lipinski definition) is 3. The lowest BCUT2D eigenvalue weighted by molar-refractivity contribution is -0.169. The Bertz CT molecular complexity index is 246. The first kappa shape index (κ1) is 12.2. The first-order valence-corrected chi connectivity index (χ1v) is 3.28. The minimum atomic E-state index is -2.09. The fraction of sp³-hybridized carbons (Fsp3) is 0.500. The molecule has 14 heavy (non-hydrogen) atoms. The van der Waals surface area contributed by atoms with Crippen LogP contribution in [0, 0.1) is 0 Å². The number of rotatable bonds is 5. The van der Waals surface area contributed by atoms with E-state index in [0.29, 0.717) is 0 Å². The SMILES string of the molecule is COC(C(=O)O)C(OC(=O)O)C(=O)O. The highest BCUT2D eigenvalue weighted by Gasteiger charge is 2.37. The van der Waals surface area contributed by atoms with Crippen LogP contribution in [0.5, 0.6) is 0 Å². The van der Waals surface area contributed by atoms with Crippen LogP contribution in [0.25, 0.3) is 0 Å². The molecule has 0 bridgehead atoms. The molecule has 0 aliphatic carbocycles. The molecule has 0 aliphatic rings. The highest BCUT2D eigenvalue weighted by molar-refractivity contribution is 5.85. The number of carboxylic acid groups (broad SMARTS) is 3. The summed E-state index contributed by atoms with van der Waals surface area (Å²) in [5.41, 5.74) is 0. The molecule has 2 atom stereocenters. The van der Waals surface area contributed by atoms with Crippen LogP contribution < -0.4 is 0 Å². The molecule has 2 unspecified atom stereocenters. The summed E-state index contributed by atoms with van der Waals surface area (Å²) >= 11 is 0. The van der Waals surface area contributed by atoms with E-state index in [1.807, 2.05) is 0 Å². The third-order valence-electron chi connectivity index (χ3n) is 1.24. The zero-order valence-electron chi connectivity index (χ0n) is 7.04. The average molecular weight is 208 g/mol.